The molecule has 1 fully saturated rings. The molecule has 1 aliphatic rings. The number of urea groups is 1. The lowest BCUT2D eigenvalue weighted by Crippen LogP contribution is -2.43. The first-order valence-corrected chi connectivity index (χ1v) is 6.23. The van der Waals surface area contributed by atoms with Crippen LogP contribution in [0.25, 0.3) is 0 Å². The molecule has 2 heterocycles. The van der Waals surface area contributed by atoms with Crippen molar-refractivity contribution in [2.45, 2.75) is 33.2 Å². The SMILES string of the molecule is Cc1ccc(CNC(=O)N2CCC(C)CC2)o1. The third kappa shape index (κ3) is 3.25. The lowest BCUT2D eigenvalue weighted by atomic mass is 10.00. The minimum absolute atomic E-state index is 0.0194. The number of nitrogens with zero attached hydrogens (tertiary/aromatic N) is 1. The molecule has 0 aromatic carbocycles. The van der Waals surface area contributed by atoms with Crippen molar-refractivity contribution in [3.05, 3.63) is 23.7 Å². The Balaban J connectivity index is 1.77. The van der Waals surface area contributed by atoms with Crippen molar-refractivity contribution in [3.8, 4) is 0 Å². The van der Waals surface area contributed by atoms with Crippen molar-refractivity contribution < 1.29 is 9.21 Å². The van der Waals surface area contributed by atoms with E-state index in [0.717, 1.165) is 43.4 Å². The predicted octanol–water partition coefficient (Wildman–Crippen LogP) is 2.53. The summed E-state index contributed by atoms with van der Waals surface area (Å²) >= 11 is 0. The Kier molecular flexibility index (Phi) is 3.71. The maximum absolute atomic E-state index is 11.9. The van der Waals surface area contributed by atoms with Gasteiger partial charge in [0.1, 0.15) is 11.5 Å². The average molecular weight is 236 g/mol. The molecule has 4 heteroatoms. The Bertz CT molecular complexity index is 379. The molecule has 0 radical (unpaired) electrons. The van der Waals surface area contributed by atoms with Crippen LogP contribution in [0, 0.1) is 12.8 Å². The normalized spacial score (nSPS) is 17.2. The zero-order valence-corrected chi connectivity index (χ0v) is 10.5. The van der Waals surface area contributed by atoms with Gasteiger partial charge in [-0.15, -0.1) is 0 Å². The molecule has 94 valence electrons. The molecule has 4 nitrogen and oxygen atoms in total. The molecule has 2 amide bonds. The molecule has 1 N–H and O–H groups in total. The number of carbonyl (C=O) groups excluding carboxylic acids is 1. The monoisotopic (exact) mass is 236 g/mol. The maximum atomic E-state index is 11.9. The number of carbonyl (C=O) groups is 1. The summed E-state index contributed by atoms with van der Waals surface area (Å²) in [7, 11) is 0. The largest absolute Gasteiger partial charge is 0.465 e. The van der Waals surface area contributed by atoms with Crippen molar-refractivity contribution in [1.29, 1.82) is 0 Å². The minimum atomic E-state index is 0.0194. The molecule has 0 saturated carbocycles. The lowest BCUT2D eigenvalue weighted by Gasteiger charge is -2.30. The van der Waals surface area contributed by atoms with E-state index in [1.54, 1.807) is 0 Å². The molecule has 0 aliphatic carbocycles. The second kappa shape index (κ2) is 5.25. The fraction of sp³-hybridized carbons (Fsp3) is 0.615. The molecule has 0 bridgehead atoms. The summed E-state index contributed by atoms with van der Waals surface area (Å²) in [5.41, 5.74) is 0. The highest BCUT2D eigenvalue weighted by Gasteiger charge is 2.19. The number of likely N-dealkylation sites (tertiary alicyclic amines) is 1. The van der Waals surface area contributed by atoms with Gasteiger partial charge in [0.25, 0.3) is 0 Å². The topological polar surface area (TPSA) is 45.5 Å². The summed E-state index contributed by atoms with van der Waals surface area (Å²) in [4.78, 5) is 13.7. The van der Waals surface area contributed by atoms with E-state index in [2.05, 4.69) is 12.2 Å². The second-order valence-corrected chi connectivity index (χ2v) is 4.84. The third-order valence-electron chi connectivity index (χ3n) is 3.28. The van der Waals surface area contributed by atoms with Gasteiger partial charge in [-0.3, -0.25) is 0 Å². The van der Waals surface area contributed by atoms with Crippen LogP contribution in [-0.4, -0.2) is 24.0 Å². The number of hydrogen-bond acceptors (Lipinski definition) is 2. The van der Waals surface area contributed by atoms with Crippen LogP contribution in [0.1, 0.15) is 31.3 Å². The van der Waals surface area contributed by atoms with E-state index in [4.69, 9.17) is 4.42 Å². The first-order chi connectivity index (χ1) is 8.15. The van der Waals surface area contributed by atoms with Gasteiger partial charge in [-0.1, -0.05) is 6.92 Å². The van der Waals surface area contributed by atoms with Gasteiger partial charge >= 0.3 is 6.03 Å². The summed E-state index contributed by atoms with van der Waals surface area (Å²) < 4.78 is 5.41. The number of furan rings is 1. The van der Waals surface area contributed by atoms with Crippen molar-refractivity contribution >= 4 is 6.03 Å². The Morgan fingerprint density at radius 2 is 2.18 bits per heavy atom. The average Bonchev–Trinajstić information content (AvgIpc) is 2.73. The van der Waals surface area contributed by atoms with Gasteiger partial charge in [-0.25, -0.2) is 4.79 Å². The number of aryl methyl sites for hydroxylation is 1. The molecular weight excluding hydrogens is 216 g/mol. The highest BCUT2D eigenvalue weighted by Crippen LogP contribution is 2.15. The van der Waals surface area contributed by atoms with Crippen LogP contribution in [0.4, 0.5) is 4.79 Å². The summed E-state index contributed by atoms with van der Waals surface area (Å²) in [6.07, 6.45) is 2.21. The highest BCUT2D eigenvalue weighted by atomic mass is 16.3. The Labute approximate surface area is 102 Å². The standard InChI is InChI=1S/C13H20N2O2/c1-10-5-7-15(8-6-10)13(16)14-9-12-4-3-11(2)17-12/h3-4,10H,5-9H2,1-2H3,(H,14,16). The van der Waals surface area contributed by atoms with Crippen LogP contribution >= 0.6 is 0 Å². The quantitative estimate of drug-likeness (QED) is 0.857. The first kappa shape index (κ1) is 12.0. The zero-order chi connectivity index (χ0) is 12.3. The molecule has 1 aliphatic heterocycles. The fourth-order valence-corrected chi connectivity index (χ4v) is 2.07. The molecule has 17 heavy (non-hydrogen) atoms. The van der Waals surface area contributed by atoms with Gasteiger partial charge in [0.15, 0.2) is 0 Å². The smallest absolute Gasteiger partial charge is 0.317 e. The Morgan fingerprint density at radius 3 is 2.76 bits per heavy atom. The first-order valence-electron chi connectivity index (χ1n) is 6.23. The molecule has 0 spiro atoms. The molecule has 0 atom stereocenters. The molecule has 1 aromatic rings. The fourth-order valence-electron chi connectivity index (χ4n) is 2.07. The van der Waals surface area contributed by atoms with Gasteiger partial charge in [-0.2, -0.15) is 0 Å². The molecule has 2 rings (SSSR count). The summed E-state index contributed by atoms with van der Waals surface area (Å²) in [5, 5.41) is 2.89. The number of nitrogens with one attached hydrogen (secondary N) is 1. The van der Waals surface area contributed by atoms with E-state index < -0.39 is 0 Å². The van der Waals surface area contributed by atoms with Crippen LogP contribution in [0.2, 0.25) is 0 Å². The number of piperidine rings is 1. The predicted molar refractivity (Wildman–Crippen MR) is 65.7 cm³/mol. The van der Waals surface area contributed by atoms with Crippen molar-refractivity contribution in [2.24, 2.45) is 5.92 Å². The van der Waals surface area contributed by atoms with Crippen LogP contribution < -0.4 is 5.32 Å². The molecule has 1 aromatic heterocycles. The van der Waals surface area contributed by atoms with E-state index in [1.807, 2.05) is 24.0 Å². The van der Waals surface area contributed by atoms with Gasteiger partial charge < -0.3 is 14.6 Å². The number of hydrogen-bond donors (Lipinski definition) is 1. The second-order valence-electron chi connectivity index (χ2n) is 4.84. The zero-order valence-electron chi connectivity index (χ0n) is 10.5. The lowest BCUT2D eigenvalue weighted by molar-refractivity contribution is 0.173. The third-order valence-corrected chi connectivity index (χ3v) is 3.28. The highest BCUT2D eigenvalue weighted by molar-refractivity contribution is 5.74. The maximum Gasteiger partial charge on any atom is 0.317 e. The molecule has 1 saturated heterocycles. The van der Waals surface area contributed by atoms with Crippen molar-refractivity contribution in [2.75, 3.05) is 13.1 Å². The van der Waals surface area contributed by atoms with Crippen molar-refractivity contribution in [1.82, 2.24) is 10.2 Å². The van der Waals surface area contributed by atoms with E-state index >= 15 is 0 Å². The number of amides is 2. The van der Waals surface area contributed by atoms with Crippen LogP contribution in [0.5, 0.6) is 0 Å². The Hall–Kier alpha value is -1.45. The van der Waals surface area contributed by atoms with E-state index in [0.29, 0.717) is 6.54 Å². The van der Waals surface area contributed by atoms with Crippen LogP contribution in [-0.2, 0) is 6.54 Å². The number of rotatable bonds is 2. The Morgan fingerprint density at radius 1 is 1.47 bits per heavy atom. The van der Waals surface area contributed by atoms with Gasteiger partial charge in [0, 0.05) is 13.1 Å². The van der Waals surface area contributed by atoms with Gasteiger partial charge in [-0.05, 0) is 37.8 Å². The van der Waals surface area contributed by atoms with Crippen molar-refractivity contribution in [3.63, 3.8) is 0 Å². The summed E-state index contributed by atoms with van der Waals surface area (Å²) in [5.74, 6) is 2.43. The minimum Gasteiger partial charge on any atom is -0.465 e. The van der Waals surface area contributed by atoms with Crippen LogP contribution in [0.15, 0.2) is 16.5 Å². The van der Waals surface area contributed by atoms with Crippen LogP contribution in [0.3, 0.4) is 0 Å². The van der Waals surface area contributed by atoms with Gasteiger partial charge in [0.2, 0.25) is 0 Å². The van der Waals surface area contributed by atoms with E-state index in [1.165, 1.54) is 0 Å². The summed E-state index contributed by atoms with van der Waals surface area (Å²) in [6, 6.07) is 3.82. The van der Waals surface area contributed by atoms with E-state index in [-0.39, 0.29) is 6.03 Å². The molecular formula is C13H20N2O2. The van der Waals surface area contributed by atoms with Gasteiger partial charge in [0.05, 0.1) is 6.54 Å². The van der Waals surface area contributed by atoms with E-state index in [9.17, 15) is 4.79 Å². The molecule has 0 unspecified atom stereocenters. The summed E-state index contributed by atoms with van der Waals surface area (Å²) in [6.45, 7) is 6.34.